The molecule has 1 atom stereocenters. The molecule has 2 aliphatic heterocycles. The fourth-order valence-corrected chi connectivity index (χ4v) is 3.38. The van der Waals surface area contributed by atoms with Crippen LogP contribution in [0.15, 0.2) is 23.1 Å². The number of aliphatic hydroxyl groups is 1. The van der Waals surface area contributed by atoms with Gasteiger partial charge in [-0.25, -0.2) is 0 Å². The third-order valence-corrected chi connectivity index (χ3v) is 4.85. The number of carbonyl (C=O) groups excluding carboxylic acids is 1. The van der Waals surface area contributed by atoms with Crippen LogP contribution in [0.4, 0.5) is 0 Å². The number of hydrogen-bond acceptors (Lipinski definition) is 4. The number of amides is 1. The maximum Gasteiger partial charge on any atom is 0.255 e. The largest absolute Gasteiger partial charge is 0.390 e. The van der Waals surface area contributed by atoms with Crippen LogP contribution in [0.2, 0.25) is 0 Å². The Balaban J connectivity index is 1.69. The fourth-order valence-electron chi connectivity index (χ4n) is 3.38. The highest BCUT2D eigenvalue weighted by Gasteiger charge is 2.44. The van der Waals surface area contributed by atoms with Crippen LogP contribution in [0.3, 0.4) is 0 Å². The first-order valence-electron chi connectivity index (χ1n) is 7.80. The van der Waals surface area contributed by atoms with E-state index in [2.05, 4.69) is 0 Å². The Labute approximate surface area is 129 Å². The van der Waals surface area contributed by atoms with Gasteiger partial charge in [0.05, 0.1) is 17.3 Å². The van der Waals surface area contributed by atoms with Crippen LogP contribution in [-0.4, -0.2) is 51.9 Å². The molecule has 0 radical (unpaired) electrons. The molecule has 1 spiro atoms. The van der Waals surface area contributed by atoms with Crippen LogP contribution < -0.4 is 5.56 Å². The highest BCUT2D eigenvalue weighted by Crippen LogP contribution is 2.35. The van der Waals surface area contributed by atoms with Gasteiger partial charge in [-0.15, -0.1) is 0 Å². The summed E-state index contributed by atoms with van der Waals surface area (Å²) >= 11 is 0. The molecule has 0 unspecified atom stereocenters. The average Bonchev–Trinajstić information content (AvgIpc) is 2.53. The molecule has 3 rings (SSSR count). The number of carbonyl (C=O) groups is 1. The molecule has 0 aliphatic carbocycles. The molecule has 6 nitrogen and oxygen atoms in total. The predicted molar refractivity (Wildman–Crippen MR) is 80.7 cm³/mol. The molecule has 2 aliphatic rings. The topological polar surface area (TPSA) is 71.8 Å². The number of ether oxygens (including phenoxy) is 1. The number of nitrogens with zero attached hydrogens (tertiary/aromatic N) is 2. The van der Waals surface area contributed by atoms with E-state index in [0.717, 1.165) is 12.8 Å². The van der Waals surface area contributed by atoms with Crippen molar-refractivity contribution in [3.63, 3.8) is 0 Å². The van der Waals surface area contributed by atoms with Gasteiger partial charge >= 0.3 is 0 Å². The van der Waals surface area contributed by atoms with Gasteiger partial charge in [0, 0.05) is 39.0 Å². The first-order chi connectivity index (χ1) is 10.5. The van der Waals surface area contributed by atoms with E-state index < -0.39 is 11.7 Å². The second-order valence-electron chi connectivity index (χ2n) is 6.23. The number of piperidine rings is 1. The lowest BCUT2D eigenvalue weighted by atomic mass is 9.82. The van der Waals surface area contributed by atoms with E-state index in [0.29, 0.717) is 38.1 Å². The molecule has 2 saturated heterocycles. The van der Waals surface area contributed by atoms with Crippen molar-refractivity contribution in [2.24, 2.45) is 7.05 Å². The molecule has 0 saturated carbocycles. The van der Waals surface area contributed by atoms with Crippen molar-refractivity contribution in [3.8, 4) is 0 Å². The van der Waals surface area contributed by atoms with Gasteiger partial charge in [-0.05, 0) is 31.7 Å². The van der Waals surface area contributed by atoms with Crippen molar-refractivity contribution >= 4 is 5.91 Å². The van der Waals surface area contributed by atoms with E-state index in [1.54, 1.807) is 24.2 Å². The molecule has 120 valence electrons. The van der Waals surface area contributed by atoms with E-state index in [1.165, 1.54) is 10.6 Å². The lowest BCUT2D eigenvalue weighted by Gasteiger charge is -2.46. The molecule has 0 bridgehead atoms. The molecule has 2 fully saturated rings. The van der Waals surface area contributed by atoms with Crippen molar-refractivity contribution in [3.05, 3.63) is 34.2 Å². The second-order valence-corrected chi connectivity index (χ2v) is 6.23. The zero-order chi connectivity index (χ0) is 15.7. The lowest BCUT2D eigenvalue weighted by Crippen LogP contribution is -2.56. The highest BCUT2D eigenvalue weighted by molar-refractivity contribution is 5.94. The summed E-state index contributed by atoms with van der Waals surface area (Å²) in [6.45, 7) is 1.82. The summed E-state index contributed by atoms with van der Waals surface area (Å²) in [6, 6.07) is 2.98. The van der Waals surface area contributed by atoms with Crippen LogP contribution in [0.25, 0.3) is 0 Å². The summed E-state index contributed by atoms with van der Waals surface area (Å²) < 4.78 is 7.26. The molecular formula is C16H22N2O4. The maximum absolute atomic E-state index is 12.5. The molecule has 3 heterocycles. The third-order valence-electron chi connectivity index (χ3n) is 4.85. The first kappa shape index (κ1) is 15.2. The van der Waals surface area contributed by atoms with Crippen LogP contribution in [0.1, 0.15) is 36.0 Å². The summed E-state index contributed by atoms with van der Waals surface area (Å²) in [6.07, 6.45) is 4.12. The number of likely N-dealkylation sites (tertiary alicyclic amines) is 1. The molecule has 0 aromatic carbocycles. The summed E-state index contributed by atoms with van der Waals surface area (Å²) in [4.78, 5) is 25.7. The standard InChI is InChI=1S/C16H22N2O4/c1-17-11-12(4-5-14(17)20)15(21)18-8-6-16(7-9-18)13(19)3-2-10-22-16/h4-5,11,13,19H,2-3,6-10H2,1H3/t13-/m0/s1. The monoisotopic (exact) mass is 306 g/mol. The van der Waals surface area contributed by atoms with Gasteiger partial charge in [0.1, 0.15) is 0 Å². The minimum atomic E-state index is -0.474. The van der Waals surface area contributed by atoms with E-state index in [-0.39, 0.29) is 11.5 Å². The van der Waals surface area contributed by atoms with Gasteiger partial charge in [0.2, 0.25) is 5.56 Å². The Morgan fingerprint density at radius 3 is 2.73 bits per heavy atom. The van der Waals surface area contributed by atoms with Gasteiger partial charge in [-0.3, -0.25) is 9.59 Å². The number of rotatable bonds is 1. The summed E-state index contributed by atoms with van der Waals surface area (Å²) in [5.41, 5.74) is -0.0884. The van der Waals surface area contributed by atoms with Crippen LogP contribution >= 0.6 is 0 Å². The summed E-state index contributed by atoms with van der Waals surface area (Å²) in [5, 5.41) is 10.2. The Bertz CT molecular complexity index is 617. The van der Waals surface area contributed by atoms with E-state index in [4.69, 9.17) is 4.74 Å². The predicted octanol–water partition coefficient (Wildman–Crippen LogP) is 0.531. The smallest absolute Gasteiger partial charge is 0.255 e. The minimum absolute atomic E-state index is 0.0734. The third kappa shape index (κ3) is 2.68. The first-order valence-corrected chi connectivity index (χ1v) is 7.80. The van der Waals surface area contributed by atoms with Gasteiger partial charge < -0.3 is 19.3 Å². The van der Waals surface area contributed by atoms with E-state index in [1.807, 2.05) is 0 Å². The summed E-state index contributed by atoms with van der Waals surface area (Å²) in [5.74, 6) is -0.0734. The molecule has 1 aromatic heterocycles. The quantitative estimate of drug-likeness (QED) is 0.821. The Morgan fingerprint density at radius 2 is 2.09 bits per heavy atom. The van der Waals surface area contributed by atoms with Gasteiger partial charge in [-0.2, -0.15) is 0 Å². The Morgan fingerprint density at radius 1 is 1.36 bits per heavy atom. The number of aliphatic hydroxyl groups excluding tert-OH is 1. The van der Waals surface area contributed by atoms with E-state index >= 15 is 0 Å². The normalized spacial score (nSPS) is 24.5. The van der Waals surface area contributed by atoms with Crippen molar-refractivity contribution in [1.29, 1.82) is 0 Å². The molecule has 22 heavy (non-hydrogen) atoms. The van der Waals surface area contributed by atoms with Crippen LogP contribution in [-0.2, 0) is 11.8 Å². The van der Waals surface area contributed by atoms with Crippen LogP contribution in [0, 0.1) is 0 Å². The SMILES string of the molecule is Cn1cc(C(=O)N2CCC3(CC2)OCCC[C@@H]3O)ccc1=O. The van der Waals surface area contributed by atoms with Crippen molar-refractivity contribution < 1.29 is 14.6 Å². The average molecular weight is 306 g/mol. The minimum Gasteiger partial charge on any atom is -0.390 e. The summed E-state index contributed by atoms with van der Waals surface area (Å²) in [7, 11) is 1.64. The van der Waals surface area contributed by atoms with Gasteiger partial charge in [0.15, 0.2) is 0 Å². The molecule has 1 N–H and O–H groups in total. The zero-order valence-corrected chi connectivity index (χ0v) is 12.8. The van der Waals surface area contributed by atoms with Crippen molar-refractivity contribution in [2.75, 3.05) is 19.7 Å². The maximum atomic E-state index is 12.5. The van der Waals surface area contributed by atoms with Crippen molar-refractivity contribution in [1.82, 2.24) is 9.47 Å². The molecule has 1 aromatic rings. The zero-order valence-electron chi connectivity index (χ0n) is 12.8. The Kier molecular flexibility index (Phi) is 4.06. The van der Waals surface area contributed by atoms with E-state index in [9.17, 15) is 14.7 Å². The molecular weight excluding hydrogens is 284 g/mol. The molecule has 6 heteroatoms. The number of aryl methyl sites for hydroxylation is 1. The number of pyridine rings is 1. The van der Waals surface area contributed by atoms with Crippen molar-refractivity contribution in [2.45, 2.75) is 37.4 Å². The number of hydrogen-bond donors (Lipinski definition) is 1. The fraction of sp³-hybridized carbons (Fsp3) is 0.625. The Hall–Kier alpha value is -1.66. The molecule has 1 amide bonds. The van der Waals surface area contributed by atoms with Gasteiger partial charge in [-0.1, -0.05) is 0 Å². The lowest BCUT2D eigenvalue weighted by molar-refractivity contribution is -0.174. The number of aromatic nitrogens is 1. The van der Waals surface area contributed by atoms with Crippen LogP contribution in [0.5, 0.6) is 0 Å². The highest BCUT2D eigenvalue weighted by atomic mass is 16.5. The van der Waals surface area contributed by atoms with Gasteiger partial charge in [0.25, 0.3) is 5.91 Å². The second kappa shape index (κ2) is 5.85.